The minimum Gasteiger partial charge on any atom is -0.459 e. The molecule has 0 aliphatic carbocycles. The molecule has 0 spiro atoms. The number of carbonyl (C=O) groups is 3. The van der Waals surface area contributed by atoms with E-state index >= 15 is 0 Å². The third-order valence-corrected chi connectivity index (χ3v) is 5.35. The van der Waals surface area contributed by atoms with Gasteiger partial charge in [-0.2, -0.15) is 0 Å². The molecule has 0 aromatic rings. The van der Waals surface area contributed by atoms with Crippen molar-refractivity contribution >= 4 is 26.3 Å². The predicted molar refractivity (Wildman–Crippen MR) is 104 cm³/mol. The van der Waals surface area contributed by atoms with Crippen LogP contribution in [0.15, 0.2) is 0 Å². The lowest BCUT2D eigenvalue weighted by Crippen LogP contribution is -2.37. The van der Waals surface area contributed by atoms with Gasteiger partial charge in [-0.1, -0.05) is 0 Å². The van der Waals surface area contributed by atoms with Crippen LogP contribution in [-0.2, 0) is 42.4 Å². The highest BCUT2D eigenvalue weighted by Gasteiger charge is 2.38. The van der Waals surface area contributed by atoms with Gasteiger partial charge in [0.1, 0.15) is 6.10 Å². The van der Waals surface area contributed by atoms with Crippen LogP contribution in [0.5, 0.6) is 0 Å². The summed E-state index contributed by atoms with van der Waals surface area (Å²) in [6.07, 6.45) is 0.735. The molecular formula is C19H33O9P. The molecule has 0 aromatic heterocycles. The molecule has 2 unspecified atom stereocenters. The van der Waals surface area contributed by atoms with E-state index in [4.69, 9.17) is 28.0 Å². The molecule has 0 N–H and O–H groups in total. The predicted octanol–water partition coefficient (Wildman–Crippen LogP) is 3.49. The SMILES string of the molecule is CC(=O)OC1CCCOC1P(OCOC(=O)C(C)(C)C)OCOC(=O)C(C)(C)C. The van der Waals surface area contributed by atoms with Gasteiger partial charge in [-0.25, -0.2) is 0 Å². The fourth-order valence-corrected chi connectivity index (χ4v) is 3.54. The highest BCUT2D eigenvalue weighted by atomic mass is 31.2. The summed E-state index contributed by atoms with van der Waals surface area (Å²) in [5.74, 6) is -2.01. The molecule has 29 heavy (non-hydrogen) atoms. The van der Waals surface area contributed by atoms with Gasteiger partial charge < -0.3 is 18.9 Å². The monoisotopic (exact) mass is 436 g/mol. The molecule has 1 fully saturated rings. The Hall–Kier alpha value is -1.28. The second kappa shape index (κ2) is 11.2. The lowest BCUT2D eigenvalue weighted by Gasteiger charge is -2.34. The Kier molecular flexibility index (Phi) is 9.95. The van der Waals surface area contributed by atoms with Gasteiger partial charge in [0.15, 0.2) is 19.4 Å². The maximum Gasteiger partial charge on any atom is 0.313 e. The molecule has 1 aliphatic heterocycles. The Morgan fingerprint density at radius 3 is 1.83 bits per heavy atom. The van der Waals surface area contributed by atoms with E-state index in [2.05, 4.69) is 0 Å². The van der Waals surface area contributed by atoms with Crippen LogP contribution < -0.4 is 0 Å². The number of hydrogen-bond acceptors (Lipinski definition) is 9. The fourth-order valence-electron chi connectivity index (χ4n) is 2.15. The van der Waals surface area contributed by atoms with Crippen molar-refractivity contribution in [1.29, 1.82) is 0 Å². The quantitative estimate of drug-likeness (QED) is 0.245. The molecule has 1 saturated heterocycles. The summed E-state index contributed by atoms with van der Waals surface area (Å²) >= 11 is 0. The molecule has 1 heterocycles. The van der Waals surface area contributed by atoms with E-state index in [1.807, 2.05) is 0 Å². The molecule has 9 nitrogen and oxygen atoms in total. The van der Waals surface area contributed by atoms with Gasteiger partial charge in [0, 0.05) is 13.5 Å². The maximum absolute atomic E-state index is 11.9. The Bertz CT molecular complexity index is 533. The average molecular weight is 436 g/mol. The first kappa shape index (κ1) is 25.8. The van der Waals surface area contributed by atoms with E-state index in [0.717, 1.165) is 6.42 Å². The number of rotatable bonds is 8. The first-order chi connectivity index (χ1) is 13.3. The summed E-state index contributed by atoms with van der Waals surface area (Å²) in [4.78, 5) is 35.3. The fraction of sp³-hybridized carbons (Fsp3) is 0.842. The number of ether oxygens (including phenoxy) is 4. The van der Waals surface area contributed by atoms with Crippen molar-refractivity contribution in [3.63, 3.8) is 0 Å². The van der Waals surface area contributed by atoms with E-state index in [-0.39, 0.29) is 13.6 Å². The van der Waals surface area contributed by atoms with Crippen molar-refractivity contribution in [3.8, 4) is 0 Å². The second-order valence-electron chi connectivity index (χ2n) is 8.69. The van der Waals surface area contributed by atoms with Gasteiger partial charge >= 0.3 is 17.9 Å². The van der Waals surface area contributed by atoms with Gasteiger partial charge in [-0.3, -0.25) is 23.4 Å². The molecule has 168 valence electrons. The van der Waals surface area contributed by atoms with E-state index in [1.165, 1.54) is 6.92 Å². The lowest BCUT2D eigenvalue weighted by molar-refractivity contribution is -0.163. The number of esters is 3. The topological polar surface area (TPSA) is 107 Å². The zero-order valence-corrected chi connectivity index (χ0v) is 19.2. The van der Waals surface area contributed by atoms with Crippen LogP contribution in [-0.4, -0.2) is 50.0 Å². The first-order valence-corrected chi connectivity index (χ1v) is 10.8. The highest BCUT2D eigenvalue weighted by Crippen LogP contribution is 2.48. The van der Waals surface area contributed by atoms with Gasteiger partial charge in [0.2, 0.25) is 8.38 Å². The van der Waals surface area contributed by atoms with Gasteiger partial charge in [-0.05, 0) is 54.4 Å². The van der Waals surface area contributed by atoms with Crippen molar-refractivity contribution < 1.29 is 42.4 Å². The average Bonchev–Trinajstić information content (AvgIpc) is 2.58. The van der Waals surface area contributed by atoms with E-state index in [1.54, 1.807) is 41.5 Å². The van der Waals surface area contributed by atoms with Crippen LogP contribution in [0.3, 0.4) is 0 Å². The minimum atomic E-state index is -1.84. The van der Waals surface area contributed by atoms with Crippen LogP contribution in [0.4, 0.5) is 0 Å². The highest BCUT2D eigenvalue weighted by molar-refractivity contribution is 7.47. The van der Waals surface area contributed by atoms with Crippen LogP contribution in [0.25, 0.3) is 0 Å². The third-order valence-electron chi connectivity index (χ3n) is 3.73. The molecule has 2 atom stereocenters. The first-order valence-electron chi connectivity index (χ1n) is 9.50. The largest absolute Gasteiger partial charge is 0.459 e. The van der Waals surface area contributed by atoms with Gasteiger partial charge in [0.25, 0.3) is 0 Å². The van der Waals surface area contributed by atoms with Crippen molar-refractivity contribution in [2.24, 2.45) is 10.8 Å². The minimum absolute atomic E-state index is 0.359. The van der Waals surface area contributed by atoms with E-state index in [0.29, 0.717) is 13.0 Å². The molecule has 0 amide bonds. The van der Waals surface area contributed by atoms with E-state index in [9.17, 15) is 14.4 Å². The number of hydrogen-bond donors (Lipinski definition) is 0. The molecular weight excluding hydrogens is 403 g/mol. The zero-order valence-electron chi connectivity index (χ0n) is 18.3. The summed E-state index contributed by atoms with van der Waals surface area (Å²) in [7, 11) is -1.84. The standard InChI is InChI=1S/C19H33O9P/c1-13(20)28-14-9-8-10-23-15(14)29(26-11-24-16(21)18(2,3)4)27-12-25-17(22)19(5,6)7/h14-15H,8-12H2,1-7H3. The molecule has 1 rings (SSSR count). The summed E-state index contributed by atoms with van der Waals surface area (Å²) < 4.78 is 32.5. The molecule has 1 aliphatic rings. The Balaban J connectivity index is 2.76. The van der Waals surface area contributed by atoms with Crippen LogP contribution in [0.1, 0.15) is 61.3 Å². The second-order valence-corrected chi connectivity index (χ2v) is 10.3. The Labute approximate surface area is 173 Å². The third kappa shape index (κ3) is 9.38. The van der Waals surface area contributed by atoms with Crippen molar-refractivity contribution in [2.75, 3.05) is 20.2 Å². The van der Waals surface area contributed by atoms with Crippen LogP contribution in [0.2, 0.25) is 0 Å². The number of carbonyl (C=O) groups excluding carboxylic acids is 3. The van der Waals surface area contributed by atoms with Crippen LogP contribution in [0, 0.1) is 10.8 Å². The maximum atomic E-state index is 11.9. The van der Waals surface area contributed by atoms with Gasteiger partial charge in [-0.15, -0.1) is 0 Å². The smallest absolute Gasteiger partial charge is 0.313 e. The normalized spacial score (nSPS) is 20.3. The Morgan fingerprint density at radius 2 is 1.41 bits per heavy atom. The van der Waals surface area contributed by atoms with Crippen LogP contribution >= 0.6 is 8.38 Å². The molecule has 0 aromatic carbocycles. The summed E-state index contributed by atoms with van der Waals surface area (Å²) in [6, 6.07) is 0. The molecule has 0 bridgehead atoms. The summed E-state index contributed by atoms with van der Waals surface area (Å²) in [5, 5.41) is 0. The van der Waals surface area contributed by atoms with Crippen molar-refractivity contribution in [3.05, 3.63) is 0 Å². The molecule has 10 heteroatoms. The molecule has 0 radical (unpaired) electrons. The van der Waals surface area contributed by atoms with Crippen molar-refractivity contribution in [2.45, 2.75) is 73.3 Å². The zero-order chi connectivity index (χ0) is 22.2. The summed E-state index contributed by atoms with van der Waals surface area (Å²) in [6.45, 7) is 11.4. The summed E-state index contributed by atoms with van der Waals surface area (Å²) in [5.41, 5.74) is -1.37. The van der Waals surface area contributed by atoms with Gasteiger partial charge in [0.05, 0.1) is 10.8 Å². The molecule has 0 saturated carbocycles. The van der Waals surface area contributed by atoms with Crippen molar-refractivity contribution in [1.82, 2.24) is 0 Å². The Morgan fingerprint density at radius 1 is 0.931 bits per heavy atom. The lowest BCUT2D eigenvalue weighted by atomic mass is 9.98. The van der Waals surface area contributed by atoms with E-state index < -0.39 is 49.1 Å².